The molecule has 0 spiro atoms. The number of anilines is 1. The molecule has 3 aliphatic rings. The Morgan fingerprint density at radius 1 is 1.11 bits per heavy atom. The molecule has 1 saturated carbocycles. The zero-order chi connectivity index (χ0) is 31.7. The van der Waals surface area contributed by atoms with E-state index in [9.17, 15) is 0 Å². The second kappa shape index (κ2) is 11.3. The van der Waals surface area contributed by atoms with Gasteiger partial charge in [0.25, 0.3) is 0 Å². The Labute approximate surface area is 265 Å². The van der Waals surface area contributed by atoms with E-state index < -0.39 is 5.79 Å². The van der Waals surface area contributed by atoms with Crippen LogP contribution >= 0.6 is 0 Å². The first kappa shape index (κ1) is 30.5. The monoisotopic (exact) mass is 616 g/mol. The number of imidazole rings is 2. The van der Waals surface area contributed by atoms with Gasteiger partial charge in [-0.2, -0.15) is 0 Å². The third kappa shape index (κ3) is 5.84. The topological polar surface area (TPSA) is 129 Å². The van der Waals surface area contributed by atoms with Crippen LogP contribution in [-0.4, -0.2) is 83.7 Å². The normalized spacial score (nSPS) is 28.3. The van der Waals surface area contributed by atoms with Crippen LogP contribution in [0, 0.1) is 5.92 Å². The van der Waals surface area contributed by atoms with E-state index in [2.05, 4.69) is 77.7 Å². The van der Waals surface area contributed by atoms with E-state index in [1.54, 1.807) is 6.33 Å². The van der Waals surface area contributed by atoms with Gasteiger partial charge in [-0.1, -0.05) is 26.8 Å². The maximum absolute atomic E-state index is 6.61. The molecule has 3 fully saturated rings. The van der Waals surface area contributed by atoms with Gasteiger partial charge < -0.3 is 29.5 Å². The molecule has 5 heterocycles. The van der Waals surface area contributed by atoms with Crippen molar-refractivity contribution in [2.45, 2.75) is 122 Å². The number of nitrogens with one attached hydrogen (secondary N) is 1. The van der Waals surface area contributed by atoms with E-state index in [-0.39, 0.29) is 29.8 Å². The van der Waals surface area contributed by atoms with E-state index in [1.165, 1.54) is 24.7 Å². The number of nitrogens with zero attached hydrogens (tertiary/aromatic N) is 6. The highest BCUT2D eigenvalue weighted by atomic mass is 16.8. The minimum absolute atomic E-state index is 0.0995. The summed E-state index contributed by atoms with van der Waals surface area (Å²) in [6.07, 6.45) is 7.26. The lowest BCUT2D eigenvalue weighted by Crippen LogP contribution is -2.57. The van der Waals surface area contributed by atoms with Gasteiger partial charge >= 0.3 is 0 Å². The summed E-state index contributed by atoms with van der Waals surface area (Å²) in [5.41, 5.74) is 11.0. The second-order valence-electron chi connectivity index (χ2n) is 15.1. The van der Waals surface area contributed by atoms with Crippen LogP contribution in [-0.2, 0) is 26.0 Å². The van der Waals surface area contributed by atoms with Crippen molar-refractivity contribution in [3.05, 3.63) is 42.2 Å². The molecule has 3 unspecified atom stereocenters. The van der Waals surface area contributed by atoms with Gasteiger partial charge in [0.2, 0.25) is 0 Å². The first-order valence-corrected chi connectivity index (χ1v) is 16.5. The van der Waals surface area contributed by atoms with Gasteiger partial charge in [-0.15, -0.1) is 0 Å². The van der Waals surface area contributed by atoms with Crippen LogP contribution in [0.1, 0.15) is 85.2 Å². The number of hydrogen-bond donors (Lipinski definition) is 2. The van der Waals surface area contributed by atoms with Crippen molar-refractivity contribution >= 4 is 28.0 Å². The van der Waals surface area contributed by atoms with Crippen molar-refractivity contribution in [2.75, 3.05) is 18.9 Å². The van der Waals surface area contributed by atoms with E-state index in [0.717, 1.165) is 36.2 Å². The molecule has 0 amide bonds. The fraction of sp³-hybridized carbons (Fsp3) is 0.647. The number of aromatic nitrogens is 6. The van der Waals surface area contributed by atoms with E-state index in [4.69, 9.17) is 24.9 Å². The quantitative estimate of drug-likeness (QED) is 0.276. The van der Waals surface area contributed by atoms with E-state index in [1.807, 2.05) is 18.4 Å². The second-order valence-corrected chi connectivity index (χ2v) is 15.1. The van der Waals surface area contributed by atoms with Crippen molar-refractivity contribution in [1.82, 2.24) is 34.4 Å². The lowest BCUT2D eigenvalue weighted by molar-refractivity contribution is -0.157. The number of rotatable bonds is 8. The predicted molar refractivity (Wildman–Crippen MR) is 174 cm³/mol. The summed E-state index contributed by atoms with van der Waals surface area (Å²) in [6, 6.07) is 7.41. The third-order valence-corrected chi connectivity index (χ3v) is 10.1. The largest absolute Gasteiger partial charge is 0.382 e. The summed E-state index contributed by atoms with van der Waals surface area (Å²) in [5.74, 6) is 1.46. The lowest BCUT2D eigenvalue weighted by Gasteiger charge is -2.48. The van der Waals surface area contributed by atoms with Crippen molar-refractivity contribution in [1.29, 1.82) is 0 Å². The number of aromatic amines is 1. The van der Waals surface area contributed by atoms with Crippen molar-refractivity contribution in [2.24, 2.45) is 5.92 Å². The molecule has 242 valence electrons. The molecule has 1 aromatic carbocycles. The van der Waals surface area contributed by atoms with Crippen LogP contribution < -0.4 is 5.73 Å². The maximum Gasteiger partial charge on any atom is 0.165 e. The van der Waals surface area contributed by atoms with Crippen LogP contribution in [0.4, 0.5) is 5.82 Å². The highest BCUT2D eigenvalue weighted by molar-refractivity contribution is 5.81. The van der Waals surface area contributed by atoms with Crippen LogP contribution in [0.15, 0.2) is 30.9 Å². The smallest absolute Gasteiger partial charge is 0.165 e. The summed E-state index contributed by atoms with van der Waals surface area (Å²) < 4.78 is 21.7. The molecule has 7 rings (SSSR count). The van der Waals surface area contributed by atoms with Crippen molar-refractivity contribution in [3.8, 4) is 0 Å². The standard InChI is InChI=1S/C34H48N8O3/c1-19(2)41(22-12-20(13-22)8-11-27-39-23-10-9-21(33(3,4)5)14-24(23)40-27)15-26-30-29(44-34(6,7)45-30)25(16-43-26)42-18-38-28-31(35)36-17-37-32(28)42/h9-10,14,17-20,22,25-26,29-30H,8,11-13,15-16H2,1-7H3,(H,39,40)(H2,35,36,37)/t20?,22?,25?,26-,29?,30?/m1/s1. The molecule has 4 aromatic rings. The Hall–Kier alpha value is -3.12. The molecule has 45 heavy (non-hydrogen) atoms. The zero-order valence-electron chi connectivity index (χ0n) is 27.7. The number of aryl methyl sites for hydroxylation is 1. The average Bonchev–Trinajstić information content (AvgIpc) is 3.65. The van der Waals surface area contributed by atoms with Gasteiger partial charge in [0.1, 0.15) is 29.9 Å². The molecule has 2 aliphatic heterocycles. The van der Waals surface area contributed by atoms with Gasteiger partial charge in [-0.05, 0) is 76.0 Å². The summed E-state index contributed by atoms with van der Waals surface area (Å²) in [5, 5.41) is 0. The van der Waals surface area contributed by atoms with Crippen LogP contribution in [0.5, 0.6) is 0 Å². The third-order valence-electron chi connectivity index (χ3n) is 10.1. The first-order valence-electron chi connectivity index (χ1n) is 16.5. The maximum atomic E-state index is 6.61. The Balaban J connectivity index is 0.989. The number of nitrogens with two attached hydrogens (primary N) is 1. The molecule has 11 nitrogen and oxygen atoms in total. The first-order chi connectivity index (χ1) is 21.4. The van der Waals surface area contributed by atoms with E-state index >= 15 is 0 Å². The average molecular weight is 617 g/mol. The zero-order valence-corrected chi connectivity index (χ0v) is 27.7. The SMILES string of the molecule is CC(C)N(C[C@H]1OCC(n2cnc3c(N)ncnc32)C2OC(C)(C)OC21)C1CC(CCc2nc3ccc(C(C)(C)C)cc3[nH]2)C1. The number of nitrogen functional groups attached to an aromatic ring is 1. The summed E-state index contributed by atoms with van der Waals surface area (Å²) in [6.45, 7) is 16.6. The molecular weight excluding hydrogens is 568 g/mol. The molecule has 0 radical (unpaired) electrons. The highest BCUT2D eigenvalue weighted by Gasteiger charge is 2.53. The molecule has 1 aliphatic carbocycles. The molecule has 2 saturated heterocycles. The number of hydrogen-bond acceptors (Lipinski definition) is 9. The Kier molecular flexibility index (Phi) is 7.66. The van der Waals surface area contributed by atoms with Crippen LogP contribution in [0.2, 0.25) is 0 Å². The van der Waals surface area contributed by atoms with Gasteiger partial charge in [-0.3, -0.25) is 4.90 Å². The predicted octanol–water partition coefficient (Wildman–Crippen LogP) is 5.16. The van der Waals surface area contributed by atoms with Crippen LogP contribution in [0.3, 0.4) is 0 Å². The van der Waals surface area contributed by atoms with E-state index in [0.29, 0.717) is 41.6 Å². The van der Waals surface area contributed by atoms with Gasteiger partial charge in [0.05, 0.1) is 36.1 Å². The van der Waals surface area contributed by atoms with Gasteiger partial charge in [-0.25, -0.2) is 19.9 Å². The minimum Gasteiger partial charge on any atom is -0.382 e. The summed E-state index contributed by atoms with van der Waals surface area (Å²) in [4.78, 5) is 24.1. The summed E-state index contributed by atoms with van der Waals surface area (Å²) >= 11 is 0. The number of benzene rings is 1. The Morgan fingerprint density at radius 3 is 2.64 bits per heavy atom. The Bertz CT molecular complexity index is 1670. The van der Waals surface area contributed by atoms with Gasteiger partial charge in [0.15, 0.2) is 17.3 Å². The molecular formula is C34H48N8O3. The Morgan fingerprint density at radius 2 is 1.89 bits per heavy atom. The van der Waals surface area contributed by atoms with Crippen LogP contribution in [0.25, 0.3) is 22.2 Å². The molecule has 3 N–H and O–H groups in total. The lowest BCUT2D eigenvalue weighted by atomic mass is 9.76. The highest BCUT2D eigenvalue weighted by Crippen LogP contribution is 2.42. The molecule has 0 bridgehead atoms. The van der Waals surface area contributed by atoms with Crippen molar-refractivity contribution in [3.63, 3.8) is 0 Å². The van der Waals surface area contributed by atoms with Crippen molar-refractivity contribution < 1.29 is 14.2 Å². The minimum atomic E-state index is -0.709. The molecule has 3 aromatic heterocycles. The molecule has 11 heteroatoms. The summed E-state index contributed by atoms with van der Waals surface area (Å²) in [7, 11) is 0. The number of ether oxygens (including phenoxy) is 3. The fourth-order valence-electron chi connectivity index (χ4n) is 7.51. The fourth-order valence-corrected chi connectivity index (χ4v) is 7.51. The molecule has 4 atom stereocenters. The van der Waals surface area contributed by atoms with Gasteiger partial charge in [0, 0.05) is 25.0 Å². The number of fused-ring (bicyclic) bond motifs is 3. The number of H-pyrrole nitrogens is 1.